The van der Waals surface area contributed by atoms with Gasteiger partial charge >= 0.3 is 0 Å². The van der Waals surface area contributed by atoms with Crippen molar-refractivity contribution in [2.75, 3.05) is 13.2 Å². The number of ether oxygens (including phenoxy) is 2. The number of aliphatic hydroxyl groups excluding tert-OH is 5. The van der Waals surface area contributed by atoms with E-state index in [-0.39, 0.29) is 18.9 Å². The average molecular weight is 950 g/mol. The predicted molar refractivity (Wildman–Crippen MR) is 285 cm³/mol. The number of carbonyl (C=O) groups is 1. The van der Waals surface area contributed by atoms with Crippen LogP contribution in [0.2, 0.25) is 0 Å². The van der Waals surface area contributed by atoms with Crippen LogP contribution in [0.15, 0.2) is 109 Å². The fraction of sp³-hybridized carbons (Fsp3) is 0.678. The molecule has 1 heterocycles. The van der Waals surface area contributed by atoms with E-state index in [4.69, 9.17) is 9.47 Å². The Hall–Kier alpha value is -3.15. The monoisotopic (exact) mass is 950 g/mol. The minimum Gasteiger partial charge on any atom is -0.394 e. The van der Waals surface area contributed by atoms with Gasteiger partial charge in [0.05, 0.1) is 25.4 Å². The first-order valence-corrected chi connectivity index (χ1v) is 27.1. The molecule has 6 N–H and O–H groups in total. The van der Waals surface area contributed by atoms with Crippen molar-refractivity contribution < 1.29 is 39.8 Å². The number of unbranched alkanes of at least 4 members (excludes halogenated alkanes) is 18. The molecule has 0 radical (unpaired) electrons. The van der Waals surface area contributed by atoms with E-state index in [1.807, 2.05) is 6.08 Å². The van der Waals surface area contributed by atoms with Crippen LogP contribution in [0.4, 0.5) is 0 Å². The van der Waals surface area contributed by atoms with E-state index >= 15 is 0 Å². The number of nitrogens with one attached hydrogen (secondary N) is 1. The van der Waals surface area contributed by atoms with Crippen molar-refractivity contribution in [2.24, 2.45) is 0 Å². The zero-order valence-corrected chi connectivity index (χ0v) is 42.8. The van der Waals surface area contributed by atoms with Gasteiger partial charge < -0.3 is 40.3 Å². The Bertz CT molecular complexity index is 1430. The third-order valence-corrected chi connectivity index (χ3v) is 12.1. The maximum Gasteiger partial charge on any atom is 0.220 e. The lowest BCUT2D eigenvalue weighted by molar-refractivity contribution is -0.302. The van der Waals surface area contributed by atoms with Crippen LogP contribution in [-0.2, 0) is 14.3 Å². The molecule has 0 aromatic heterocycles. The highest BCUT2D eigenvalue weighted by Gasteiger charge is 2.44. The molecule has 1 aliphatic rings. The summed E-state index contributed by atoms with van der Waals surface area (Å²) < 4.78 is 11.2. The van der Waals surface area contributed by atoms with Crippen LogP contribution < -0.4 is 5.32 Å². The molecule has 68 heavy (non-hydrogen) atoms. The molecule has 0 aromatic rings. The van der Waals surface area contributed by atoms with E-state index < -0.39 is 49.5 Å². The molecule has 0 bridgehead atoms. The van der Waals surface area contributed by atoms with E-state index in [0.717, 1.165) is 70.6 Å². The van der Waals surface area contributed by atoms with Crippen LogP contribution in [0, 0.1) is 0 Å². The summed E-state index contributed by atoms with van der Waals surface area (Å²) in [5, 5.41) is 54.4. The average Bonchev–Trinajstić information content (AvgIpc) is 3.34. The Labute approximate surface area is 415 Å². The second kappa shape index (κ2) is 47.5. The van der Waals surface area contributed by atoms with Gasteiger partial charge in [0.1, 0.15) is 24.4 Å². The van der Waals surface area contributed by atoms with Crippen molar-refractivity contribution in [1.82, 2.24) is 5.32 Å². The minimum atomic E-state index is -1.59. The third-order valence-electron chi connectivity index (χ3n) is 12.1. The first kappa shape index (κ1) is 62.9. The molecule has 0 aliphatic carbocycles. The van der Waals surface area contributed by atoms with Crippen molar-refractivity contribution in [3.05, 3.63) is 109 Å². The summed E-state index contributed by atoms with van der Waals surface area (Å²) in [6.45, 7) is 3.61. The summed E-state index contributed by atoms with van der Waals surface area (Å²) in [6, 6.07) is -0.861. The van der Waals surface area contributed by atoms with E-state index in [0.29, 0.717) is 6.42 Å². The highest BCUT2D eigenvalue weighted by Crippen LogP contribution is 2.22. The summed E-state index contributed by atoms with van der Waals surface area (Å²) in [4.78, 5) is 13.0. The van der Waals surface area contributed by atoms with Crippen molar-refractivity contribution in [3.8, 4) is 0 Å². The maximum absolute atomic E-state index is 13.0. The lowest BCUT2D eigenvalue weighted by atomic mass is 9.99. The highest BCUT2D eigenvalue weighted by atomic mass is 16.7. The van der Waals surface area contributed by atoms with Crippen molar-refractivity contribution >= 4 is 5.91 Å². The van der Waals surface area contributed by atoms with Crippen molar-refractivity contribution in [3.63, 3.8) is 0 Å². The largest absolute Gasteiger partial charge is 0.394 e. The second-order valence-electron chi connectivity index (χ2n) is 18.3. The Morgan fingerprint density at radius 1 is 0.515 bits per heavy atom. The zero-order valence-electron chi connectivity index (χ0n) is 42.8. The molecule has 9 heteroatoms. The molecule has 0 spiro atoms. The van der Waals surface area contributed by atoms with Gasteiger partial charge in [0.25, 0.3) is 0 Å². The number of hydrogen-bond donors (Lipinski definition) is 6. The fourth-order valence-corrected chi connectivity index (χ4v) is 7.81. The quantitative estimate of drug-likeness (QED) is 0.0261. The lowest BCUT2D eigenvalue weighted by Crippen LogP contribution is -2.60. The topological polar surface area (TPSA) is 149 Å². The van der Waals surface area contributed by atoms with Gasteiger partial charge in [-0.3, -0.25) is 4.79 Å². The summed E-state index contributed by atoms with van der Waals surface area (Å²) in [6.07, 6.45) is 62.9. The van der Waals surface area contributed by atoms with Crippen LogP contribution >= 0.6 is 0 Å². The van der Waals surface area contributed by atoms with Gasteiger partial charge in [-0.15, -0.1) is 0 Å². The Balaban J connectivity index is 2.36. The Morgan fingerprint density at radius 2 is 0.926 bits per heavy atom. The highest BCUT2D eigenvalue weighted by molar-refractivity contribution is 5.76. The van der Waals surface area contributed by atoms with Crippen molar-refractivity contribution in [1.29, 1.82) is 0 Å². The van der Waals surface area contributed by atoms with Crippen LogP contribution in [0.3, 0.4) is 0 Å². The molecule has 1 rings (SSSR count). The Morgan fingerprint density at radius 3 is 1.41 bits per heavy atom. The van der Waals surface area contributed by atoms with Crippen LogP contribution in [-0.4, -0.2) is 87.5 Å². The first-order chi connectivity index (χ1) is 33.3. The summed E-state index contributed by atoms with van der Waals surface area (Å²) in [5.41, 5.74) is 0. The maximum atomic E-state index is 13.0. The van der Waals surface area contributed by atoms with Gasteiger partial charge in [0.15, 0.2) is 6.29 Å². The molecular weight excluding hydrogens is 851 g/mol. The molecule has 0 saturated carbocycles. The van der Waals surface area contributed by atoms with Gasteiger partial charge in [-0.05, 0) is 83.5 Å². The van der Waals surface area contributed by atoms with Crippen molar-refractivity contribution in [2.45, 2.75) is 243 Å². The predicted octanol–water partition coefficient (Wildman–Crippen LogP) is 13.0. The molecule has 9 nitrogen and oxygen atoms in total. The molecule has 1 amide bonds. The molecular formula is C59H99NO8. The van der Waals surface area contributed by atoms with Gasteiger partial charge in [-0.1, -0.05) is 220 Å². The molecule has 0 aromatic carbocycles. The second-order valence-corrected chi connectivity index (χ2v) is 18.3. The summed E-state index contributed by atoms with van der Waals surface area (Å²) in [5.74, 6) is -0.248. The van der Waals surface area contributed by atoms with Gasteiger partial charge in [0, 0.05) is 6.42 Å². The standard InChI is InChI=1S/C59H99NO8/c1-3-5-7-9-11-13-15-17-19-21-23-25-27-29-31-33-35-37-39-41-43-45-47-49-55(63)60-52(51-67-59-58(66)57(65)56(64)54(50-61)68-59)53(62)48-46-44-42-40-38-36-34-32-30-28-26-24-22-20-18-16-14-12-10-8-6-4-2/h5,7,11,13,17,19,23,25,29,31,35,37-38,40-41,43,46,48,52-54,56-59,61-62,64-66H,3-4,6,8-10,12,14-16,18,20-22,24,26-28,30,32-34,36,39,42,44-45,47,49-51H2,1-2H3,(H,60,63)/b7-5-,13-11-,19-17-,25-23-,31-29-,37-35-,40-38+,43-41-,48-46+. The van der Waals surface area contributed by atoms with Gasteiger partial charge in [-0.25, -0.2) is 0 Å². The van der Waals surface area contributed by atoms with E-state index in [2.05, 4.69) is 116 Å². The smallest absolute Gasteiger partial charge is 0.220 e. The normalized spacial score (nSPS) is 20.5. The number of rotatable bonds is 44. The molecule has 7 atom stereocenters. The van der Waals surface area contributed by atoms with Crippen LogP contribution in [0.25, 0.3) is 0 Å². The van der Waals surface area contributed by atoms with Crippen LogP contribution in [0.5, 0.6) is 0 Å². The van der Waals surface area contributed by atoms with Gasteiger partial charge in [-0.2, -0.15) is 0 Å². The third kappa shape index (κ3) is 36.8. The first-order valence-electron chi connectivity index (χ1n) is 27.1. The summed E-state index contributed by atoms with van der Waals surface area (Å²) in [7, 11) is 0. The molecule has 1 fully saturated rings. The molecule has 1 saturated heterocycles. The lowest BCUT2D eigenvalue weighted by Gasteiger charge is -2.40. The number of aliphatic hydroxyl groups is 5. The minimum absolute atomic E-state index is 0.231. The fourth-order valence-electron chi connectivity index (χ4n) is 7.81. The van der Waals surface area contributed by atoms with Gasteiger partial charge in [0.2, 0.25) is 5.91 Å². The molecule has 1 aliphatic heterocycles. The summed E-state index contributed by atoms with van der Waals surface area (Å²) >= 11 is 0. The van der Waals surface area contributed by atoms with Crippen LogP contribution in [0.1, 0.15) is 200 Å². The number of hydrogen-bond acceptors (Lipinski definition) is 8. The molecule has 388 valence electrons. The number of carbonyl (C=O) groups excluding carboxylic acids is 1. The Kier molecular flexibility index (Phi) is 43.9. The van der Waals surface area contributed by atoms with E-state index in [9.17, 15) is 30.3 Å². The molecule has 7 unspecified atom stereocenters. The van der Waals surface area contributed by atoms with E-state index in [1.165, 1.54) is 103 Å². The zero-order chi connectivity index (χ0) is 49.4. The van der Waals surface area contributed by atoms with E-state index in [1.54, 1.807) is 6.08 Å². The number of amides is 1. The number of allylic oxidation sites excluding steroid dienone is 17. The SMILES string of the molecule is CC/C=C\C/C=C\C/C=C\C/C=C\C/C=C\C/C=C\C/C=C\CCCC(=O)NC(COC1OC(CO)C(O)C(O)C1O)C(O)/C=C/CC/C=C/CCCCCCCCCCCCCCCCCC.